The summed E-state index contributed by atoms with van der Waals surface area (Å²) in [6.45, 7) is -3.08. The number of carbonyl (C=O) groups excluding carboxylic acids is 1. The highest BCUT2D eigenvalue weighted by molar-refractivity contribution is 5.98. The van der Waals surface area contributed by atoms with E-state index in [1.165, 1.54) is 24.5 Å². The maximum absolute atomic E-state index is 13.3. The number of ether oxygens (including phenoxy) is 1. The van der Waals surface area contributed by atoms with E-state index >= 15 is 0 Å². The standard InChI is InChI=1S/C28H23F5N6O3/c1-38-19-8-18(21-15(23(38)40)3-2-4-20(21)42-25(29)30)39-17-7-13(5-6-16(17)37-22(19)39)14-9-35-24(36-10-14)26(34)11-27(41,12-26)28(31,32)33/h2-7,9-10,18-19,25,41H,8,11-12,34H2,1H3. The van der Waals surface area contributed by atoms with Crippen LogP contribution in [0.1, 0.15) is 58.9 Å². The minimum atomic E-state index is -4.80. The number of alkyl halides is 5. The molecule has 1 saturated carbocycles. The summed E-state index contributed by atoms with van der Waals surface area (Å²) in [5, 5.41) is 9.83. The van der Waals surface area contributed by atoms with Crippen LogP contribution in [-0.4, -0.2) is 60.9 Å². The van der Waals surface area contributed by atoms with Gasteiger partial charge in [0.15, 0.2) is 5.60 Å². The molecule has 4 aromatic rings. The summed E-state index contributed by atoms with van der Waals surface area (Å²) in [5.41, 5.74) is 4.88. The smallest absolute Gasteiger partial charge is 0.417 e. The molecule has 4 heterocycles. The van der Waals surface area contributed by atoms with Crippen LogP contribution in [0.5, 0.6) is 5.75 Å². The van der Waals surface area contributed by atoms with Crippen molar-refractivity contribution in [2.75, 3.05) is 7.05 Å². The third kappa shape index (κ3) is 3.74. The molecule has 0 saturated heterocycles. The highest BCUT2D eigenvalue weighted by Gasteiger charge is 2.67. The van der Waals surface area contributed by atoms with E-state index in [-0.39, 0.29) is 23.0 Å². The van der Waals surface area contributed by atoms with Crippen molar-refractivity contribution in [2.45, 2.75) is 55.3 Å². The topological polar surface area (TPSA) is 119 Å². The van der Waals surface area contributed by atoms with Gasteiger partial charge in [-0.1, -0.05) is 12.1 Å². The van der Waals surface area contributed by atoms with Crippen LogP contribution >= 0.6 is 0 Å². The molecule has 1 amide bonds. The Bertz CT molecular complexity index is 1750. The van der Waals surface area contributed by atoms with E-state index in [1.54, 1.807) is 30.1 Å². The van der Waals surface area contributed by atoms with Gasteiger partial charge < -0.3 is 25.0 Å². The molecule has 1 fully saturated rings. The molecule has 9 nitrogen and oxygen atoms in total. The summed E-state index contributed by atoms with van der Waals surface area (Å²) in [6.07, 6.45) is -2.97. The molecular formula is C28H23F5N6O3. The van der Waals surface area contributed by atoms with Crippen molar-refractivity contribution in [3.63, 3.8) is 0 Å². The minimum absolute atomic E-state index is 0.00702. The first-order valence-corrected chi connectivity index (χ1v) is 13.1. The third-order valence-corrected chi connectivity index (χ3v) is 8.58. The molecule has 2 aliphatic heterocycles. The van der Waals surface area contributed by atoms with Gasteiger partial charge in [-0.2, -0.15) is 22.0 Å². The predicted molar refractivity (Wildman–Crippen MR) is 138 cm³/mol. The van der Waals surface area contributed by atoms with Gasteiger partial charge in [-0.05, 0) is 29.8 Å². The second-order valence-electron chi connectivity index (χ2n) is 11.2. The first-order valence-electron chi connectivity index (χ1n) is 13.1. The van der Waals surface area contributed by atoms with Gasteiger partial charge in [0.05, 0.1) is 28.7 Å². The van der Waals surface area contributed by atoms with E-state index in [9.17, 15) is 31.9 Å². The average Bonchev–Trinajstić information content (AvgIpc) is 3.44. The Kier molecular flexibility index (Phi) is 5.52. The Hall–Kier alpha value is -4.17. The summed E-state index contributed by atoms with van der Waals surface area (Å²) in [5.74, 6) is 0.215. The van der Waals surface area contributed by atoms with Gasteiger partial charge in [0.2, 0.25) is 0 Å². The van der Waals surface area contributed by atoms with E-state index in [1.807, 2.05) is 10.6 Å². The number of nitrogens with zero attached hydrogens (tertiary/aromatic N) is 5. The normalized spacial score (nSPS) is 26.7. The molecule has 0 radical (unpaired) electrons. The summed E-state index contributed by atoms with van der Waals surface area (Å²) in [7, 11) is 1.65. The van der Waals surface area contributed by atoms with Gasteiger partial charge in [0.1, 0.15) is 17.4 Å². The van der Waals surface area contributed by atoms with Crippen LogP contribution < -0.4 is 10.5 Å². The monoisotopic (exact) mass is 586 g/mol. The van der Waals surface area contributed by atoms with Crippen LogP contribution in [0.2, 0.25) is 0 Å². The Labute approximate surface area is 234 Å². The number of fused-ring (bicyclic) bond motifs is 9. The molecule has 3 aliphatic rings. The van der Waals surface area contributed by atoms with Gasteiger partial charge in [0, 0.05) is 55.4 Å². The quantitative estimate of drug-likeness (QED) is 0.339. The summed E-state index contributed by atoms with van der Waals surface area (Å²) in [4.78, 5) is 28.1. The predicted octanol–water partition coefficient (Wildman–Crippen LogP) is 4.46. The number of hydrogen-bond acceptors (Lipinski definition) is 7. The lowest BCUT2D eigenvalue weighted by Gasteiger charge is -2.50. The van der Waals surface area contributed by atoms with Gasteiger partial charge in [-0.25, -0.2) is 15.0 Å². The van der Waals surface area contributed by atoms with Gasteiger partial charge in [-0.15, -0.1) is 0 Å². The largest absolute Gasteiger partial charge is 0.434 e. The van der Waals surface area contributed by atoms with Crippen LogP contribution in [-0.2, 0) is 5.54 Å². The average molecular weight is 587 g/mol. The fourth-order valence-corrected chi connectivity index (χ4v) is 6.54. The van der Waals surface area contributed by atoms with Gasteiger partial charge in [-0.3, -0.25) is 4.79 Å². The fraction of sp³-hybridized carbons (Fsp3) is 0.357. The second-order valence-corrected chi connectivity index (χ2v) is 11.2. The Morgan fingerprint density at radius 1 is 1.10 bits per heavy atom. The van der Waals surface area contributed by atoms with Crippen molar-refractivity contribution in [1.82, 2.24) is 24.4 Å². The number of rotatable bonds is 4. The summed E-state index contributed by atoms with van der Waals surface area (Å²) < 4.78 is 72.8. The van der Waals surface area contributed by atoms with Crippen molar-refractivity contribution in [3.8, 4) is 16.9 Å². The molecule has 7 rings (SSSR count). The van der Waals surface area contributed by atoms with Gasteiger partial charge >= 0.3 is 12.8 Å². The summed E-state index contributed by atoms with van der Waals surface area (Å²) in [6, 6.07) is 9.01. The zero-order valence-electron chi connectivity index (χ0n) is 21.9. The molecule has 1 aliphatic carbocycles. The Morgan fingerprint density at radius 2 is 1.81 bits per heavy atom. The zero-order valence-corrected chi connectivity index (χ0v) is 21.9. The van der Waals surface area contributed by atoms with Crippen molar-refractivity contribution >= 4 is 16.9 Å². The number of carbonyl (C=O) groups is 1. The number of halogens is 5. The molecule has 42 heavy (non-hydrogen) atoms. The molecule has 2 unspecified atom stereocenters. The van der Waals surface area contributed by atoms with Crippen LogP contribution in [0.15, 0.2) is 48.8 Å². The third-order valence-electron chi connectivity index (χ3n) is 8.58. The van der Waals surface area contributed by atoms with Gasteiger partial charge in [0.25, 0.3) is 5.91 Å². The highest BCUT2D eigenvalue weighted by Crippen LogP contribution is 2.53. The lowest BCUT2D eigenvalue weighted by atomic mass is 9.64. The molecule has 14 heteroatoms. The van der Waals surface area contributed by atoms with Crippen molar-refractivity contribution < 1.29 is 36.6 Å². The number of nitrogens with two attached hydrogens (primary N) is 1. The van der Waals surface area contributed by atoms with E-state index in [2.05, 4.69) is 9.97 Å². The maximum Gasteiger partial charge on any atom is 0.417 e. The van der Waals surface area contributed by atoms with Crippen molar-refractivity contribution in [3.05, 3.63) is 71.6 Å². The number of aliphatic hydroxyl groups is 1. The summed E-state index contributed by atoms with van der Waals surface area (Å²) >= 11 is 0. The van der Waals surface area contributed by atoms with E-state index in [4.69, 9.17) is 15.5 Å². The Balaban J connectivity index is 1.28. The molecule has 0 spiro atoms. The number of aromatic nitrogens is 4. The second kappa shape index (κ2) is 8.67. The van der Waals surface area contributed by atoms with E-state index in [0.29, 0.717) is 40.0 Å². The lowest BCUT2D eigenvalue weighted by molar-refractivity contribution is -0.304. The van der Waals surface area contributed by atoms with Crippen molar-refractivity contribution in [2.24, 2.45) is 5.73 Å². The van der Waals surface area contributed by atoms with E-state index in [0.717, 1.165) is 0 Å². The first-order chi connectivity index (χ1) is 19.8. The van der Waals surface area contributed by atoms with Crippen LogP contribution in [0.3, 0.4) is 0 Å². The number of amides is 1. The molecular weight excluding hydrogens is 563 g/mol. The lowest BCUT2D eigenvalue weighted by Crippen LogP contribution is -2.66. The molecule has 2 aromatic heterocycles. The van der Waals surface area contributed by atoms with E-state index < -0.39 is 48.9 Å². The van der Waals surface area contributed by atoms with Crippen molar-refractivity contribution in [1.29, 1.82) is 0 Å². The molecule has 218 valence electrons. The number of imidazole rings is 1. The maximum atomic E-state index is 13.3. The van der Waals surface area contributed by atoms with Crippen LogP contribution in [0, 0.1) is 0 Å². The molecule has 3 N–H and O–H groups in total. The highest BCUT2D eigenvalue weighted by atomic mass is 19.4. The van der Waals surface area contributed by atoms with Crippen LogP contribution in [0.25, 0.3) is 22.2 Å². The molecule has 2 atom stereocenters. The SMILES string of the molecule is CN1C(=O)c2cccc(OC(F)F)c2C2CC1c1nc3ccc(-c4cnc(C5(N)CC(O)(C(F)(F)F)C5)nc4)cc3n12. The zero-order chi connectivity index (χ0) is 29.8. The number of hydrogen-bond donors (Lipinski definition) is 2. The van der Waals surface area contributed by atoms with Crippen LogP contribution in [0.4, 0.5) is 22.0 Å². The Morgan fingerprint density at radius 3 is 2.48 bits per heavy atom. The molecule has 2 aromatic carbocycles. The fourth-order valence-electron chi connectivity index (χ4n) is 6.54. The minimum Gasteiger partial charge on any atom is -0.434 e. The molecule has 2 bridgehead atoms. The number of benzene rings is 2. The first kappa shape index (κ1) is 26.7.